The average Bonchev–Trinajstić information content (AvgIpc) is 2.29. The molecule has 0 saturated heterocycles. The largest absolute Gasteiger partial charge is 0.303 e. The second-order valence-electron chi connectivity index (χ2n) is 3.32. The number of ketones is 1. The third-order valence-electron chi connectivity index (χ3n) is 1.61. The number of carbonyl (C=O) groups is 1. The Morgan fingerprint density at radius 3 is 2.54 bits per heavy atom. The molecule has 1 aromatic rings. The van der Waals surface area contributed by atoms with Crippen LogP contribution in [0, 0.1) is 6.92 Å². The van der Waals surface area contributed by atoms with Crippen molar-refractivity contribution in [1.29, 1.82) is 0 Å². The summed E-state index contributed by atoms with van der Waals surface area (Å²) in [6, 6.07) is 0. The predicted molar refractivity (Wildman–Crippen MR) is 54.2 cm³/mol. The van der Waals surface area contributed by atoms with Crippen molar-refractivity contribution in [1.82, 2.24) is 9.88 Å². The topological polar surface area (TPSA) is 33.2 Å². The van der Waals surface area contributed by atoms with Crippen molar-refractivity contribution in [3.8, 4) is 0 Å². The van der Waals surface area contributed by atoms with Gasteiger partial charge in [0.25, 0.3) is 0 Å². The fourth-order valence-corrected chi connectivity index (χ4v) is 2.20. The maximum absolute atomic E-state index is 11.1. The summed E-state index contributed by atoms with van der Waals surface area (Å²) < 4.78 is 0. The molecule has 0 spiro atoms. The Labute approximate surface area is 82.4 Å². The average molecular weight is 198 g/mol. The summed E-state index contributed by atoms with van der Waals surface area (Å²) in [5.74, 6) is 0.111. The molecule has 0 fully saturated rings. The molecule has 0 amide bonds. The molecule has 0 aliphatic heterocycles. The van der Waals surface area contributed by atoms with Crippen LogP contribution in [0.4, 0.5) is 0 Å². The highest BCUT2D eigenvalue weighted by Crippen LogP contribution is 2.19. The van der Waals surface area contributed by atoms with Crippen molar-refractivity contribution in [3.05, 3.63) is 15.6 Å². The van der Waals surface area contributed by atoms with E-state index in [9.17, 15) is 4.79 Å². The first-order chi connectivity index (χ1) is 6.00. The van der Waals surface area contributed by atoms with E-state index in [4.69, 9.17) is 0 Å². The van der Waals surface area contributed by atoms with Crippen LogP contribution in [-0.4, -0.2) is 29.8 Å². The number of aromatic nitrogens is 1. The van der Waals surface area contributed by atoms with Crippen LogP contribution in [0.25, 0.3) is 0 Å². The minimum absolute atomic E-state index is 0.111. The highest BCUT2D eigenvalue weighted by Gasteiger charge is 2.11. The minimum Gasteiger partial charge on any atom is -0.303 e. The summed E-state index contributed by atoms with van der Waals surface area (Å²) in [5, 5.41) is 1.01. The minimum atomic E-state index is 0.111. The van der Waals surface area contributed by atoms with Gasteiger partial charge in [-0.2, -0.15) is 0 Å². The third kappa shape index (κ3) is 2.60. The zero-order valence-electron chi connectivity index (χ0n) is 8.42. The van der Waals surface area contributed by atoms with Crippen LogP contribution in [0.3, 0.4) is 0 Å². The molecule has 0 unspecified atom stereocenters. The highest BCUT2D eigenvalue weighted by molar-refractivity contribution is 7.13. The zero-order chi connectivity index (χ0) is 10.0. The van der Waals surface area contributed by atoms with Crippen molar-refractivity contribution >= 4 is 17.1 Å². The molecule has 1 heterocycles. The van der Waals surface area contributed by atoms with Gasteiger partial charge in [0.05, 0.1) is 10.6 Å². The number of nitrogens with zero attached hydrogens (tertiary/aromatic N) is 2. The van der Waals surface area contributed by atoms with E-state index in [2.05, 4.69) is 4.98 Å². The molecule has 0 N–H and O–H groups in total. The molecule has 0 aliphatic carbocycles. The molecule has 0 bridgehead atoms. The number of aryl methyl sites for hydroxylation is 1. The van der Waals surface area contributed by atoms with Gasteiger partial charge in [0.15, 0.2) is 5.78 Å². The molecule has 1 rings (SSSR count). The van der Waals surface area contributed by atoms with E-state index in [1.54, 1.807) is 6.92 Å². The summed E-state index contributed by atoms with van der Waals surface area (Å²) in [6.45, 7) is 4.27. The zero-order valence-corrected chi connectivity index (χ0v) is 9.23. The van der Waals surface area contributed by atoms with Crippen LogP contribution in [0.1, 0.15) is 27.3 Å². The maximum Gasteiger partial charge on any atom is 0.171 e. The van der Waals surface area contributed by atoms with Gasteiger partial charge in [0.1, 0.15) is 5.01 Å². The number of hydrogen-bond acceptors (Lipinski definition) is 4. The normalized spacial score (nSPS) is 10.8. The molecular weight excluding hydrogens is 184 g/mol. The Hall–Kier alpha value is -0.740. The van der Waals surface area contributed by atoms with Crippen molar-refractivity contribution in [2.75, 3.05) is 14.1 Å². The monoisotopic (exact) mass is 198 g/mol. The van der Waals surface area contributed by atoms with E-state index in [0.29, 0.717) is 0 Å². The number of rotatable bonds is 3. The van der Waals surface area contributed by atoms with E-state index in [1.807, 2.05) is 25.9 Å². The van der Waals surface area contributed by atoms with Gasteiger partial charge < -0.3 is 4.90 Å². The third-order valence-corrected chi connectivity index (χ3v) is 2.86. The molecule has 3 nitrogen and oxygen atoms in total. The van der Waals surface area contributed by atoms with Crippen molar-refractivity contribution < 1.29 is 4.79 Å². The highest BCUT2D eigenvalue weighted by atomic mass is 32.1. The number of carbonyl (C=O) groups excluding carboxylic acids is 1. The van der Waals surface area contributed by atoms with E-state index >= 15 is 0 Å². The van der Waals surface area contributed by atoms with Crippen molar-refractivity contribution in [2.24, 2.45) is 0 Å². The fraction of sp³-hybridized carbons (Fsp3) is 0.556. The Bertz CT molecular complexity index is 317. The number of hydrogen-bond donors (Lipinski definition) is 0. The van der Waals surface area contributed by atoms with Gasteiger partial charge in [-0.15, -0.1) is 11.3 Å². The molecule has 1 aromatic heterocycles. The predicted octanol–water partition coefficient (Wildman–Crippen LogP) is 1.72. The molecule has 4 heteroatoms. The second-order valence-corrected chi connectivity index (χ2v) is 4.40. The van der Waals surface area contributed by atoms with Gasteiger partial charge in [0.2, 0.25) is 0 Å². The first kappa shape index (κ1) is 10.3. The Morgan fingerprint density at radius 2 is 2.15 bits per heavy atom. The molecule has 0 saturated carbocycles. The summed E-state index contributed by atoms with van der Waals surface area (Å²) in [7, 11) is 3.98. The molecule has 13 heavy (non-hydrogen) atoms. The summed E-state index contributed by atoms with van der Waals surface area (Å²) in [4.78, 5) is 18.3. The first-order valence-electron chi connectivity index (χ1n) is 4.12. The molecule has 0 radical (unpaired) electrons. The number of thiazole rings is 1. The van der Waals surface area contributed by atoms with Crippen LogP contribution < -0.4 is 0 Å². The summed E-state index contributed by atoms with van der Waals surface area (Å²) in [5.41, 5.74) is 0.856. The van der Waals surface area contributed by atoms with Crippen LogP contribution in [0.5, 0.6) is 0 Å². The van der Waals surface area contributed by atoms with Gasteiger partial charge in [-0.1, -0.05) is 0 Å². The SMILES string of the molecule is CC(=O)c1sc(CN(C)C)nc1C. The van der Waals surface area contributed by atoms with Gasteiger partial charge in [-0.3, -0.25) is 4.79 Å². The van der Waals surface area contributed by atoms with Gasteiger partial charge in [0, 0.05) is 13.5 Å². The quantitative estimate of drug-likeness (QED) is 0.693. The van der Waals surface area contributed by atoms with Crippen molar-refractivity contribution in [2.45, 2.75) is 20.4 Å². The number of Topliss-reactive ketones (excluding diaryl/α,β-unsaturated/α-hetero) is 1. The van der Waals surface area contributed by atoms with Crippen LogP contribution in [0.15, 0.2) is 0 Å². The molecular formula is C9H14N2OS. The summed E-state index contributed by atoms with van der Waals surface area (Å²) in [6.07, 6.45) is 0. The fourth-order valence-electron chi connectivity index (χ4n) is 1.12. The van der Waals surface area contributed by atoms with E-state index in [-0.39, 0.29) is 5.78 Å². The van der Waals surface area contributed by atoms with Gasteiger partial charge in [-0.05, 0) is 21.0 Å². The Morgan fingerprint density at radius 1 is 1.54 bits per heavy atom. The molecule has 0 atom stereocenters. The lowest BCUT2D eigenvalue weighted by Gasteiger charge is -2.04. The Balaban J connectivity index is 2.89. The second kappa shape index (κ2) is 3.98. The molecule has 0 aliphatic rings. The van der Waals surface area contributed by atoms with Gasteiger partial charge >= 0.3 is 0 Å². The standard InChI is InChI=1S/C9H14N2OS/c1-6-9(7(2)12)13-8(10-6)5-11(3)4/h5H2,1-4H3. The van der Waals surface area contributed by atoms with Gasteiger partial charge in [-0.25, -0.2) is 4.98 Å². The Kier molecular flexibility index (Phi) is 3.17. The van der Waals surface area contributed by atoms with E-state index in [0.717, 1.165) is 22.1 Å². The first-order valence-corrected chi connectivity index (χ1v) is 4.94. The maximum atomic E-state index is 11.1. The van der Waals surface area contributed by atoms with Crippen LogP contribution in [0.2, 0.25) is 0 Å². The lowest BCUT2D eigenvalue weighted by atomic mass is 10.3. The summed E-state index contributed by atoms with van der Waals surface area (Å²) >= 11 is 1.49. The molecule has 0 aromatic carbocycles. The lowest BCUT2D eigenvalue weighted by Crippen LogP contribution is -2.10. The van der Waals surface area contributed by atoms with E-state index in [1.165, 1.54) is 11.3 Å². The van der Waals surface area contributed by atoms with Crippen LogP contribution >= 0.6 is 11.3 Å². The van der Waals surface area contributed by atoms with E-state index < -0.39 is 0 Å². The van der Waals surface area contributed by atoms with Crippen molar-refractivity contribution in [3.63, 3.8) is 0 Å². The molecule has 72 valence electrons. The smallest absolute Gasteiger partial charge is 0.171 e. The lowest BCUT2D eigenvalue weighted by molar-refractivity contribution is 0.102. The van der Waals surface area contributed by atoms with Crippen LogP contribution in [-0.2, 0) is 6.54 Å².